The number of thioether (sulfide) groups is 1. The molecule has 1 aromatic heterocycles. The van der Waals surface area contributed by atoms with Gasteiger partial charge in [0.05, 0.1) is 12.6 Å². The second-order valence-corrected chi connectivity index (χ2v) is 9.18. The van der Waals surface area contributed by atoms with E-state index >= 15 is 0 Å². The summed E-state index contributed by atoms with van der Waals surface area (Å²) in [7, 11) is 0. The number of carbonyl (C=O) groups is 5. The SMILES string of the molecule is CSCCC(NC(=O)C(CCC(N)=O)NC(=O)CNC(=O)C(N)Cc1c[nH]c2ccccc12)C(=O)O. The van der Waals surface area contributed by atoms with Gasteiger partial charge in [-0.25, -0.2) is 4.79 Å². The van der Waals surface area contributed by atoms with Crippen molar-refractivity contribution in [3.8, 4) is 0 Å². The zero-order valence-corrected chi connectivity index (χ0v) is 20.7. The third-order valence-electron chi connectivity index (χ3n) is 5.43. The molecule has 0 saturated carbocycles. The van der Waals surface area contributed by atoms with E-state index in [0.29, 0.717) is 5.75 Å². The summed E-state index contributed by atoms with van der Waals surface area (Å²) in [6, 6.07) is 4.29. The third kappa shape index (κ3) is 8.89. The summed E-state index contributed by atoms with van der Waals surface area (Å²) >= 11 is 1.42. The van der Waals surface area contributed by atoms with Gasteiger partial charge in [-0.3, -0.25) is 19.2 Å². The molecule has 0 spiro atoms. The number of aromatic amines is 1. The highest BCUT2D eigenvalue weighted by atomic mass is 32.2. The van der Waals surface area contributed by atoms with E-state index in [9.17, 15) is 29.1 Å². The number of carbonyl (C=O) groups excluding carboxylic acids is 4. The number of fused-ring (bicyclic) bond motifs is 1. The van der Waals surface area contributed by atoms with Crippen molar-refractivity contribution in [3.05, 3.63) is 36.0 Å². The third-order valence-corrected chi connectivity index (χ3v) is 6.07. The van der Waals surface area contributed by atoms with Crippen molar-refractivity contribution in [1.29, 1.82) is 0 Å². The molecule has 2 rings (SSSR count). The largest absolute Gasteiger partial charge is 0.480 e. The number of hydrogen-bond acceptors (Lipinski definition) is 7. The van der Waals surface area contributed by atoms with Gasteiger partial charge >= 0.3 is 5.97 Å². The Hall–Kier alpha value is -3.58. The molecule has 0 aliphatic heterocycles. The van der Waals surface area contributed by atoms with Gasteiger partial charge in [0.25, 0.3) is 0 Å². The minimum atomic E-state index is -1.21. The molecule has 0 fully saturated rings. The average molecular weight is 521 g/mol. The molecule has 196 valence electrons. The van der Waals surface area contributed by atoms with Crippen LogP contribution in [-0.2, 0) is 30.4 Å². The lowest BCUT2D eigenvalue weighted by atomic mass is 10.1. The summed E-state index contributed by atoms with van der Waals surface area (Å²) in [5.74, 6) is -3.43. The van der Waals surface area contributed by atoms with E-state index in [4.69, 9.17) is 11.5 Å². The number of nitrogens with one attached hydrogen (secondary N) is 4. The van der Waals surface area contributed by atoms with Crippen LogP contribution in [0.1, 0.15) is 24.8 Å². The fraction of sp³-hybridized carbons (Fsp3) is 0.435. The monoisotopic (exact) mass is 520 g/mol. The topological polar surface area (TPSA) is 209 Å². The maximum absolute atomic E-state index is 12.6. The minimum Gasteiger partial charge on any atom is -0.480 e. The molecule has 12 nitrogen and oxygen atoms in total. The molecule has 1 heterocycles. The maximum Gasteiger partial charge on any atom is 0.326 e. The van der Waals surface area contributed by atoms with Crippen molar-refractivity contribution in [2.45, 2.75) is 43.8 Å². The Kier molecular flexibility index (Phi) is 11.2. The van der Waals surface area contributed by atoms with Crippen molar-refractivity contribution < 1.29 is 29.1 Å². The zero-order valence-electron chi connectivity index (χ0n) is 19.9. The fourth-order valence-corrected chi connectivity index (χ4v) is 3.97. The quantitative estimate of drug-likeness (QED) is 0.158. The summed E-state index contributed by atoms with van der Waals surface area (Å²) < 4.78 is 0. The second-order valence-electron chi connectivity index (χ2n) is 8.19. The summed E-state index contributed by atoms with van der Waals surface area (Å²) in [5.41, 5.74) is 12.9. The van der Waals surface area contributed by atoms with Crippen LogP contribution < -0.4 is 27.4 Å². The van der Waals surface area contributed by atoms with Crippen LogP contribution in [0.3, 0.4) is 0 Å². The van der Waals surface area contributed by atoms with E-state index < -0.39 is 54.3 Å². The molecule has 0 aliphatic rings. The number of benzene rings is 1. The predicted molar refractivity (Wildman–Crippen MR) is 136 cm³/mol. The maximum atomic E-state index is 12.6. The number of amides is 4. The Bertz CT molecular complexity index is 1090. The average Bonchev–Trinajstić information content (AvgIpc) is 3.24. The van der Waals surface area contributed by atoms with Crippen LogP contribution in [0, 0.1) is 0 Å². The number of nitrogens with two attached hydrogens (primary N) is 2. The Morgan fingerprint density at radius 1 is 1.06 bits per heavy atom. The second kappa shape index (κ2) is 14.1. The van der Waals surface area contributed by atoms with Gasteiger partial charge < -0.3 is 37.5 Å². The number of aliphatic carboxylic acids is 1. The van der Waals surface area contributed by atoms with Crippen LogP contribution in [0.25, 0.3) is 10.9 Å². The van der Waals surface area contributed by atoms with E-state index in [1.54, 1.807) is 12.5 Å². The van der Waals surface area contributed by atoms with E-state index in [-0.39, 0.29) is 25.7 Å². The van der Waals surface area contributed by atoms with E-state index in [2.05, 4.69) is 20.9 Å². The Morgan fingerprint density at radius 2 is 1.78 bits per heavy atom. The molecule has 0 radical (unpaired) electrons. The first-order chi connectivity index (χ1) is 17.1. The number of carboxylic acid groups (broad SMARTS) is 1. The number of para-hydroxylation sites is 1. The normalized spacial score (nSPS) is 13.4. The Balaban J connectivity index is 1.92. The van der Waals surface area contributed by atoms with Gasteiger partial charge in [-0.1, -0.05) is 18.2 Å². The van der Waals surface area contributed by atoms with Crippen molar-refractivity contribution in [2.75, 3.05) is 18.6 Å². The summed E-state index contributed by atoms with van der Waals surface area (Å²) in [5, 5.41) is 17.5. The number of aromatic nitrogens is 1. The van der Waals surface area contributed by atoms with E-state index in [1.165, 1.54) is 11.8 Å². The van der Waals surface area contributed by atoms with Gasteiger partial charge in [0, 0.05) is 23.5 Å². The highest BCUT2D eigenvalue weighted by Gasteiger charge is 2.27. The molecule has 0 saturated heterocycles. The molecular weight excluding hydrogens is 488 g/mol. The molecule has 0 bridgehead atoms. The Morgan fingerprint density at radius 3 is 2.44 bits per heavy atom. The summed E-state index contributed by atoms with van der Waals surface area (Å²) in [4.78, 5) is 63.2. The van der Waals surface area contributed by atoms with Gasteiger partial charge in [0.1, 0.15) is 12.1 Å². The highest BCUT2D eigenvalue weighted by molar-refractivity contribution is 7.98. The minimum absolute atomic E-state index is 0.129. The lowest BCUT2D eigenvalue weighted by Crippen LogP contribution is -2.54. The lowest BCUT2D eigenvalue weighted by molar-refractivity contribution is -0.142. The molecule has 3 atom stereocenters. The molecule has 0 aliphatic carbocycles. The molecule has 4 amide bonds. The number of primary amides is 1. The fourth-order valence-electron chi connectivity index (χ4n) is 3.49. The summed E-state index contributed by atoms with van der Waals surface area (Å²) in [6.07, 6.45) is 3.67. The van der Waals surface area contributed by atoms with Gasteiger partial charge in [-0.15, -0.1) is 0 Å². The summed E-state index contributed by atoms with van der Waals surface area (Å²) in [6.45, 7) is -0.463. The first-order valence-electron chi connectivity index (χ1n) is 11.3. The van der Waals surface area contributed by atoms with E-state index in [1.807, 2.05) is 24.3 Å². The van der Waals surface area contributed by atoms with Crippen molar-refractivity contribution >= 4 is 52.3 Å². The number of H-pyrrole nitrogens is 1. The smallest absolute Gasteiger partial charge is 0.326 e. The first-order valence-corrected chi connectivity index (χ1v) is 12.7. The van der Waals surface area contributed by atoms with Gasteiger partial charge in [-0.2, -0.15) is 11.8 Å². The van der Waals surface area contributed by atoms with Crippen LogP contribution in [0.2, 0.25) is 0 Å². The van der Waals surface area contributed by atoms with Crippen LogP contribution in [0.5, 0.6) is 0 Å². The highest BCUT2D eigenvalue weighted by Crippen LogP contribution is 2.18. The van der Waals surface area contributed by atoms with Gasteiger partial charge in [-0.05, 0) is 42.9 Å². The molecular formula is C23H32N6O6S. The van der Waals surface area contributed by atoms with Crippen molar-refractivity contribution in [2.24, 2.45) is 11.5 Å². The molecule has 1 aromatic carbocycles. The van der Waals surface area contributed by atoms with E-state index in [0.717, 1.165) is 16.5 Å². The number of rotatable bonds is 15. The number of hydrogen-bond donors (Lipinski definition) is 7. The van der Waals surface area contributed by atoms with Crippen molar-refractivity contribution in [3.63, 3.8) is 0 Å². The van der Waals surface area contributed by atoms with Gasteiger partial charge in [0.15, 0.2) is 0 Å². The Labute approximate surface area is 212 Å². The van der Waals surface area contributed by atoms with Crippen LogP contribution in [-0.4, -0.2) is 76.4 Å². The van der Waals surface area contributed by atoms with Crippen LogP contribution >= 0.6 is 11.8 Å². The zero-order chi connectivity index (χ0) is 26.7. The molecule has 2 aromatic rings. The first kappa shape index (κ1) is 28.7. The van der Waals surface area contributed by atoms with Crippen molar-refractivity contribution in [1.82, 2.24) is 20.9 Å². The standard InChI is InChI=1S/C23H32N6O6S/c1-36-9-8-18(23(34)35)29-22(33)17(6-7-19(25)30)28-20(31)12-27-21(32)15(24)10-13-11-26-16-5-3-2-4-14(13)16/h2-5,11,15,17-18,26H,6-10,12,24H2,1H3,(H2,25,30)(H,27,32)(H,28,31)(H,29,33)(H,34,35). The molecule has 9 N–H and O–H groups in total. The predicted octanol–water partition coefficient (Wildman–Crippen LogP) is -0.773. The molecule has 3 unspecified atom stereocenters. The number of carboxylic acids is 1. The van der Waals surface area contributed by atoms with Crippen LogP contribution in [0.4, 0.5) is 0 Å². The van der Waals surface area contributed by atoms with Gasteiger partial charge in [0.2, 0.25) is 23.6 Å². The van der Waals surface area contributed by atoms with Crippen LogP contribution in [0.15, 0.2) is 30.5 Å². The molecule has 36 heavy (non-hydrogen) atoms. The molecule has 13 heteroatoms. The lowest BCUT2D eigenvalue weighted by Gasteiger charge is -2.21.